The number of ether oxygens (including phenoxy) is 1. The Balaban J connectivity index is 1.62. The Labute approximate surface area is 150 Å². The van der Waals surface area contributed by atoms with Crippen molar-refractivity contribution in [3.8, 4) is 16.2 Å². The topological polar surface area (TPSA) is 26.3 Å². The summed E-state index contributed by atoms with van der Waals surface area (Å²) in [6.45, 7) is 0.487. The van der Waals surface area contributed by atoms with Crippen molar-refractivity contribution in [2.75, 3.05) is 0 Å². The van der Waals surface area contributed by atoms with Crippen LogP contribution in [-0.4, -0.2) is 6.29 Å². The third-order valence-electron chi connectivity index (χ3n) is 4.09. The molecule has 0 aliphatic rings. The van der Waals surface area contributed by atoms with Gasteiger partial charge in [0.1, 0.15) is 12.4 Å². The van der Waals surface area contributed by atoms with Crippen molar-refractivity contribution < 1.29 is 9.53 Å². The third-order valence-corrected chi connectivity index (χ3v) is 5.24. The number of hydrogen-bond donors (Lipinski definition) is 0. The molecule has 0 aliphatic heterocycles. The smallest absolute Gasteiger partial charge is 0.150 e. The molecule has 0 spiro atoms. The maximum Gasteiger partial charge on any atom is 0.150 e. The number of rotatable bonds is 5. The van der Waals surface area contributed by atoms with Gasteiger partial charge >= 0.3 is 0 Å². The van der Waals surface area contributed by atoms with Crippen LogP contribution in [0.2, 0.25) is 0 Å². The quantitative estimate of drug-likeness (QED) is 0.418. The number of aldehydes is 1. The van der Waals surface area contributed by atoms with Crippen molar-refractivity contribution >= 4 is 27.7 Å². The molecule has 122 valence electrons. The molecule has 0 aliphatic carbocycles. The molecule has 3 heteroatoms. The van der Waals surface area contributed by atoms with Gasteiger partial charge < -0.3 is 4.74 Å². The van der Waals surface area contributed by atoms with Crippen LogP contribution in [0.3, 0.4) is 0 Å². The van der Waals surface area contributed by atoms with Crippen molar-refractivity contribution in [2.24, 2.45) is 0 Å². The lowest BCUT2D eigenvalue weighted by atomic mass is 10.1. The summed E-state index contributed by atoms with van der Waals surface area (Å²) in [6.07, 6.45) is 0.898. The van der Waals surface area contributed by atoms with E-state index in [2.05, 4.69) is 18.2 Å². The summed E-state index contributed by atoms with van der Waals surface area (Å²) < 4.78 is 7.05. The molecular formula is C22H16O2S. The lowest BCUT2D eigenvalue weighted by Gasteiger charge is -2.09. The monoisotopic (exact) mass is 344 g/mol. The van der Waals surface area contributed by atoms with Crippen LogP contribution in [0, 0.1) is 0 Å². The Hall–Kier alpha value is -2.91. The molecule has 4 aromatic rings. The van der Waals surface area contributed by atoms with Gasteiger partial charge in [-0.1, -0.05) is 48.5 Å². The van der Waals surface area contributed by atoms with E-state index < -0.39 is 0 Å². The van der Waals surface area contributed by atoms with Crippen LogP contribution in [0.25, 0.3) is 20.5 Å². The minimum absolute atomic E-state index is 0.487. The first kappa shape index (κ1) is 15.6. The van der Waals surface area contributed by atoms with Gasteiger partial charge in [-0.25, -0.2) is 0 Å². The molecule has 0 fully saturated rings. The van der Waals surface area contributed by atoms with Gasteiger partial charge in [0.15, 0.2) is 6.29 Å². The summed E-state index contributed by atoms with van der Waals surface area (Å²) in [5, 5.41) is 1.20. The lowest BCUT2D eigenvalue weighted by Crippen LogP contribution is -1.96. The molecule has 1 aromatic heterocycles. The van der Waals surface area contributed by atoms with Gasteiger partial charge in [0.25, 0.3) is 0 Å². The van der Waals surface area contributed by atoms with Crippen LogP contribution in [-0.2, 0) is 6.61 Å². The van der Waals surface area contributed by atoms with E-state index in [0.29, 0.717) is 17.9 Å². The van der Waals surface area contributed by atoms with E-state index in [1.165, 1.54) is 10.1 Å². The predicted octanol–water partition coefficient (Wildman–Crippen LogP) is 5.96. The number of fused-ring (bicyclic) bond motifs is 1. The van der Waals surface area contributed by atoms with Gasteiger partial charge in [0.05, 0.1) is 0 Å². The van der Waals surface area contributed by atoms with Gasteiger partial charge in [-0.3, -0.25) is 4.79 Å². The third kappa shape index (κ3) is 3.32. The molecule has 0 bridgehead atoms. The highest BCUT2D eigenvalue weighted by Crippen LogP contribution is 2.36. The van der Waals surface area contributed by atoms with Gasteiger partial charge in [-0.2, -0.15) is 0 Å². The number of carbonyl (C=O) groups excluding carboxylic acids is 1. The van der Waals surface area contributed by atoms with Crippen molar-refractivity contribution in [2.45, 2.75) is 6.61 Å². The van der Waals surface area contributed by atoms with Gasteiger partial charge in [0, 0.05) is 20.7 Å². The molecule has 0 unspecified atom stereocenters. The maximum absolute atomic E-state index is 11.6. The van der Waals surface area contributed by atoms with Gasteiger partial charge in [0.2, 0.25) is 0 Å². The second-order valence-electron chi connectivity index (χ2n) is 5.79. The highest BCUT2D eigenvalue weighted by atomic mass is 32.1. The van der Waals surface area contributed by atoms with E-state index in [9.17, 15) is 4.79 Å². The molecule has 25 heavy (non-hydrogen) atoms. The lowest BCUT2D eigenvalue weighted by molar-refractivity contribution is 0.112. The fourth-order valence-electron chi connectivity index (χ4n) is 2.81. The van der Waals surface area contributed by atoms with E-state index in [-0.39, 0.29) is 0 Å². The van der Waals surface area contributed by atoms with Crippen molar-refractivity contribution in [3.63, 3.8) is 0 Å². The largest absolute Gasteiger partial charge is 0.489 e. The highest BCUT2D eigenvalue weighted by Gasteiger charge is 2.10. The zero-order valence-electron chi connectivity index (χ0n) is 13.5. The van der Waals surface area contributed by atoms with Crippen LogP contribution in [0.15, 0.2) is 78.9 Å². The first-order valence-electron chi connectivity index (χ1n) is 8.08. The molecule has 0 atom stereocenters. The Morgan fingerprint density at radius 2 is 1.68 bits per heavy atom. The average Bonchev–Trinajstić information content (AvgIpc) is 3.11. The second kappa shape index (κ2) is 6.91. The molecule has 3 aromatic carbocycles. The van der Waals surface area contributed by atoms with Gasteiger partial charge in [-0.05, 0) is 41.3 Å². The fourth-order valence-corrected chi connectivity index (χ4v) is 3.92. The number of hydrogen-bond acceptors (Lipinski definition) is 3. The van der Waals surface area contributed by atoms with E-state index in [4.69, 9.17) is 4.74 Å². The SMILES string of the molecule is O=Cc1cc(OCc2ccccc2)ccc1-c1cc2ccccc2s1. The van der Waals surface area contributed by atoms with Crippen LogP contribution >= 0.6 is 11.3 Å². The zero-order valence-corrected chi connectivity index (χ0v) is 14.3. The highest BCUT2D eigenvalue weighted by molar-refractivity contribution is 7.22. The minimum atomic E-state index is 0.487. The molecule has 2 nitrogen and oxygen atoms in total. The summed E-state index contributed by atoms with van der Waals surface area (Å²) in [7, 11) is 0. The Bertz CT molecular complexity index is 986. The van der Waals surface area contributed by atoms with E-state index in [1.54, 1.807) is 11.3 Å². The van der Waals surface area contributed by atoms with Crippen molar-refractivity contribution in [3.05, 3.63) is 90.0 Å². The van der Waals surface area contributed by atoms with Crippen LogP contribution in [0.5, 0.6) is 5.75 Å². The molecule has 0 saturated heterocycles. The summed E-state index contributed by atoms with van der Waals surface area (Å²) in [5.41, 5.74) is 2.70. The van der Waals surface area contributed by atoms with Crippen molar-refractivity contribution in [1.29, 1.82) is 0 Å². The Kier molecular flexibility index (Phi) is 4.32. The molecular weight excluding hydrogens is 328 g/mol. The molecule has 0 N–H and O–H groups in total. The summed E-state index contributed by atoms with van der Waals surface area (Å²) >= 11 is 1.70. The molecule has 0 saturated carbocycles. The first-order valence-corrected chi connectivity index (χ1v) is 8.90. The van der Waals surface area contributed by atoms with Crippen LogP contribution < -0.4 is 4.74 Å². The normalized spacial score (nSPS) is 10.7. The maximum atomic E-state index is 11.6. The molecule has 1 heterocycles. The first-order chi connectivity index (χ1) is 12.3. The van der Waals surface area contributed by atoms with Gasteiger partial charge in [-0.15, -0.1) is 11.3 Å². The summed E-state index contributed by atoms with van der Waals surface area (Å²) in [4.78, 5) is 12.7. The average molecular weight is 344 g/mol. The standard InChI is InChI=1S/C22H16O2S/c23-14-18-12-19(24-15-16-6-2-1-3-7-16)10-11-20(18)22-13-17-8-4-5-9-21(17)25-22/h1-14H,15H2. The van der Waals surface area contributed by atoms with E-state index in [1.807, 2.05) is 60.7 Å². The minimum Gasteiger partial charge on any atom is -0.489 e. The number of carbonyl (C=O) groups is 1. The summed E-state index contributed by atoms with van der Waals surface area (Å²) in [5.74, 6) is 0.704. The summed E-state index contributed by atoms with van der Waals surface area (Å²) in [6, 6.07) is 26.1. The fraction of sp³-hybridized carbons (Fsp3) is 0.0455. The molecule has 0 amide bonds. The van der Waals surface area contributed by atoms with Crippen LogP contribution in [0.4, 0.5) is 0 Å². The second-order valence-corrected chi connectivity index (χ2v) is 6.87. The van der Waals surface area contributed by atoms with E-state index in [0.717, 1.165) is 22.3 Å². The molecule has 4 rings (SSSR count). The number of benzene rings is 3. The Morgan fingerprint density at radius 1 is 0.880 bits per heavy atom. The zero-order chi connectivity index (χ0) is 17.1. The Morgan fingerprint density at radius 3 is 2.48 bits per heavy atom. The van der Waals surface area contributed by atoms with E-state index >= 15 is 0 Å². The van der Waals surface area contributed by atoms with Crippen LogP contribution in [0.1, 0.15) is 15.9 Å². The van der Waals surface area contributed by atoms with Crippen molar-refractivity contribution in [1.82, 2.24) is 0 Å². The predicted molar refractivity (Wildman–Crippen MR) is 103 cm³/mol. The molecule has 0 radical (unpaired) electrons. The number of thiophene rings is 1.